The second kappa shape index (κ2) is 8.54. The summed E-state index contributed by atoms with van der Waals surface area (Å²) in [4.78, 5) is 23.1. The predicted molar refractivity (Wildman–Crippen MR) is 89.4 cm³/mol. The zero-order valence-corrected chi connectivity index (χ0v) is 15.2. The van der Waals surface area contributed by atoms with E-state index in [-0.39, 0.29) is 18.2 Å². The molecule has 0 spiro atoms. The summed E-state index contributed by atoms with van der Waals surface area (Å²) >= 11 is 6.67. The lowest BCUT2D eigenvalue weighted by Crippen LogP contribution is -2.31. The quantitative estimate of drug-likeness (QED) is 0.698. The van der Waals surface area contributed by atoms with E-state index in [4.69, 9.17) is 5.11 Å². The van der Waals surface area contributed by atoms with E-state index < -0.39 is 5.97 Å². The maximum atomic E-state index is 12.2. The minimum atomic E-state index is -0.835. The molecule has 1 atom stereocenters. The molecule has 4 nitrogen and oxygen atoms in total. The summed E-state index contributed by atoms with van der Waals surface area (Å²) in [5, 5.41) is 11.8. The van der Waals surface area contributed by atoms with Crippen LogP contribution in [0, 0.1) is 11.8 Å². The molecule has 0 bridgehead atoms. The number of hydrogen-bond acceptors (Lipinski definition) is 2. The zero-order valence-electron chi connectivity index (χ0n) is 12.0. The van der Waals surface area contributed by atoms with Crippen LogP contribution in [0.3, 0.4) is 0 Å². The Morgan fingerprint density at radius 2 is 1.95 bits per heavy atom. The highest BCUT2D eigenvalue weighted by Gasteiger charge is 2.17. The van der Waals surface area contributed by atoms with Gasteiger partial charge in [-0.15, -0.1) is 0 Å². The Kier molecular flexibility index (Phi) is 7.39. The van der Waals surface area contributed by atoms with Crippen LogP contribution in [-0.4, -0.2) is 23.5 Å². The van der Waals surface area contributed by atoms with Crippen LogP contribution in [0.5, 0.6) is 0 Å². The average molecular weight is 421 g/mol. The molecule has 6 heteroatoms. The number of carbonyl (C=O) groups excluding carboxylic acids is 1. The van der Waals surface area contributed by atoms with Gasteiger partial charge in [0.05, 0.1) is 5.56 Å². The van der Waals surface area contributed by atoms with Crippen molar-refractivity contribution in [3.05, 3.63) is 32.7 Å². The Hall–Kier alpha value is -0.880. The Balaban J connectivity index is 2.68. The number of carboxylic acids is 1. The third kappa shape index (κ3) is 6.61. The van der Waals surface area contributed by atoms with Crippen LogP contribution in [0.1, 0.15) is 37.0 Å². The predicted octanol–water partition coefficient (Wildman–Crippen LogP) is 4.08. The number of benzene rings is 1. The molecule has 0 aliphatic carbocycles. The van der Waals surface area contributed by atoms with Crippen molar-refractivity contribution in [2.24, 2.45) is 11.8 Å². The molecule has 1 aromatic carbocycles. The van der Waals surface area contributed by atoms with E-state index in [1.807, 2.05) is 19.9 Å². The van der Waals surface area contributed by atoms with Crippen LogP contribution in [0.4, 0.5) is 0 Å². The van der Waals surface area contributed by atoms with Gasteiger partial charge in [0, 0.05) is 21.9 Å². The topological polar surface area (TPSA) is 66.4 Å². The number of rotatable bonds is 7. The average Bonchev–Trinajstić information content (AvgIpc) is 2.37. The van der Waals surface area contributed by atoms with E-state index in [0.717, 1.165) is 10.9 Å². The van der Waals surface area contributed by atoms with Crippen LogP contribution in [0.15, 0.2) is 27.1 Å². The van der Waals surface area contributed by atoms with Crippen LogP contribution in [-0.2, 0) is 4.79 Å². The van der Waals surface area contributed by atoms with Gasteiger partial charge in [0.2, 0.25) is 0 Å². The third-order valence-corrected chi connectivity index (χ3v) is 4.18. The molecule has 1 amide bonds. The molecule has 116 valence electrons. The molecule has 0 radical (unpaired) electrons. The fraction of sp³-hybridized carbons (Fsp3) is 0.467. The van der Waals surface area contributed by atoms with Crippen molar-refractivity contribution in [2.45, 2.75) is 26.7 Å². The van der Waals surface area contributed by atoms with Crippen LogP contribution >= 0.6 is 31.9 Å². The first-order valence-corrected chi connectivity index (χ1v) is 8.33. The van der Waals surface area contributed by atoms with Gasteiger partial charge < -0.3 is 10.4 Å². The highest BCUT2D eigenvalue weighted by Crippen LogP contribution is 2.22. The van der Waals surface area contributed by atoms with Crippen LogP contribution < -0.4 is 5.32 Å². The van der Waals surface area contributed by atoms with Gasteiger partial charge in [0.25, 0.3) is 5.91 Å². The van der Waals surface area contributed by atoms with Crippen molar-refractivity contribution < 1.29 is 14.7 Å². The van der Waals surface area contributed by atoms with Gasteiger partial charge in [-0.3, -0.25) is 9.59 Å². The minimum Gasteiger partial charge on any atom is -0.481 e. The molecule has 0 aliphatic heterocycles. The molecular formula is C15H19Br2NO3. The number of hydrogen-bond donors (Lipinski definition) is 2. The van der Waals surface area contributed by atoms with Gasteiger partial charge in [-0.25, -0.2) is 0 Å². The summed E-state index contributed by atoms with van der Waals surface area (Å²) in [6.07, 6.45) is 0.838. The van der Waals surface area contributed by atoms with E-state index in [9.17, 15) is 9.59 Å². The SMILES string of the molecule is CC(C)C[C@H](CNC(=O)c1cc(Br)ccc1Br)CC(=O)O. The lowest BCUT2D eigenvalue weighted by atomic mass is 9.94. The minimum absolute atomic E-state index is 0.0580. The van der Waals surface area contributed by atoms with E-state index in [2.05, 4.69) is 37.2 Å². The molecular weight excluding hydrogens is 402 g/mol. The zero-order chi connectivity index (χ0) is 16.0. The van der Waals surface area contributed by atoms with Crippen molar-refractivity contribution in [2.75, 3.05) is 6.54 Å². The molecule has 0 saturated carbocycles. The smallest absolute Gasteiger partial charge is 0.303 e. The van der Waals surface area contributed by atoms with Crippen molar-refractivity contribution in [3.63, 3.8) is 0 Å². The maximum absolute atomic E-state index is 12.2. The lowest BCUT2D eigenvalue weighted by Gasteiger charge is -2.18. The molecule has 2 N–H and O–H groups in total. The van der Waals surface area contributed by atoms with E-state index in [1.165, 1.54) is 0 Å². The second-order valence-electron chi connectivity index (χ2n) is 5.43. The van der Waals surface area contributed by atoms with E-state index >= 15 is 0 Å². The molecule has 1 rings (SSSR count). The monoisotopic (exact) mass is 419 g/mol. The number of halogens is 2. The van der Waals surface area contributed by atoms with Gasteiger partial charge in [0.1, 0.15) is 0 Å². The van der Waals surface area contributed by atoms with Gasteiger partial charge in [-0.2, -0.15) is 0 Å². The summed E-state index contributed by atoms with van der Waals surface area (Å²) in [5.74, 6) is -0.706. The Morgan fingerprint density at radius 3 is 2.52 bits per heavy atom. The number of carbonyl (C=O) groups is 2. The lowest BCUT2D eigenvalue weighted by molar-refractivity contribution is -0.138. The molecule has 0 fully saturated rings. The largest absolute Gasteiger partial charge is 0.481 e. The molecule has 0 heterocycles. The maximum Gasteiger partial charge on any atom is 0.303 e. The molecule has 0 saturated heterocycles. The normalized spacial score (nSPS) is 12.2. The number of aliphatic carboxylic acids is 1. The van der Waals surface area contributed by atoms with Crippen molar-refractivity contribution >= 4 is 43.7 Å². The summed E-state index contributed by atoms with van der Waals surface area (Å²) in [7, 11) is 0. The van der Waals surface area contributed by atoms with Gasteiger partial charge in [-0.05, 0) is 52.4 Å². The number of nitrogens with one attached hydrogen (secondary N) is 1. The molecule has 1 aromatic rings. The standard InChI is InChI=1S/C15H19Br2NO3/c1-9(2)5-10(6-14(19)20)8-18-15(21)12-7-11(16)3-4-13(12)17/h3-4,7,9-10H,5-6,8H2,1-2H3,(H,18,21)(H,19,20)/t10-/m0/s1. The highest BCUT2D eigenvalue weighted by molar-refractivity contribution is 9.11. The van der Waals surface area contributed by atoms with E-state index in [1.54, 1.807) is 12.1 Å². The summed E-state index contributed by atoms with van der Waals surface area (Å²) in [5.41, 5.74) is 0.531. The third-order valence-electron chi connectivity index (χ3n) is 2.99. The first-order chi connectivity index (χ1) is 9.79. The number of amides is 1. The highest BCUT2D eigenvalue weighted by atomic mass is 79.9. The van der Waals surface area contributed by atoms with Gasteiger partial charge in [0.15, 0.2) is 0 Å². The van der Waals surface area contributed by atoms with Gasteiger partial charge >= 0.3 is 5.97 Å². The number of carboxylic acid groups (broad SMARTS) is 1. The Bertz CT molecular complexity index is 518. The fourth-order valence-corrected chi connectivity index (χ4v) is 2.94. The summed E-state index contributed by atoms with van der Waals surface area (Å²) in [6.45, 7) is 4.45. The van der Waals surface area contributed by atoms with Gasteiger partial charge in [-0.1, -0.05) is 29.8 Å². The first kappa shape index (κ1) is 18.2. The first-order valence-electron chi connectivity index (χ1n) is 6.74. The fourth-order valence-electron chi connectivity index (χ4n) is 2.16. The Labute approximate surface area is 141 Å². The molecule has 0 unspecified atom stereocenters. The Morgan fingerprint density at radius 1 is 1.29 bits per heavy atom. The molecule has 0 aromatic heterocycles. The second-order valence-corrected chi connectivity index (χ2v) is 7.20. The van der Waals surface area contributed by atoms with Crippen molar-refractivity contribution in [1.82, 2.24) is 5.32 Å². The van der Waals surface area contributed by atoms with Crippen LogP contribution in [0.25, 0.3) is 0 Å². The van der Waals surface area contributed by atoms with Crippen molar-refractivity contribution in [3.8, 4) is 0 Å². The van der Waals surface area contributed by atoms with Crippen LogP contribution in [0.2, 0.25) is 0 Å². The summed E-state index contributed by atoms with van der Waals surface area (Å²) in [6, 6.07) is 5.36. The molecule has 21 heavy (non-hydrogen) atoms. The van der Waals surface area contributed by atoms with E-state index in [0.29, 0.717) is 22.5 Å². The summed E-state index contributed by atoms with van der Waals surface area (Å²) < 4.78 is 1.53. The van der Waals surface area contributed by atoms with Crippen molar-refractivity contribution in [1.29, 1.82) is 0 Å². The molecule has 0 aliphatic rings.